The Labute approximate surface area is 162 Å². The number of hydrogen-bond acceptors (Lipinski definition) is 2. The Kier molecular flexibility index (Phi) is 9.04. The summed E-state index contributed by atoms with van der Waals surface area (Å²) in [5, 5.41) is 0. The van der Waals surface area contributed by atoms with Crippen molar-refractivity contribution in [1.29, 1.82) is 0 Å². The first kappa shape index (κ1) is 23.5. The Balaban J connectivity index is 3.30. The fourth-order valence-corrected chi connectivity index (χ4v) is 37.3. The van der Waals surface area contributed by atoms with Gasteiger partial charge in [-0.05, 0) is 0 Å². The Bertz CT molecular complexity index is 410. The molecule has 4 heteroatoms. The predicted octanol–water partition coefficient (Wildman–Crippen LogP) is 7.11. The van der Waals surface area contributed by atoms with Gasteiger partial charge in [0, 0.05) is 0 Å². The number of hydrogen-bond donors (Lipinski definition) is 0. The molecule has 0 aromatic heterocycles. The summed E-state index contributed by atoms with van der Waals surface area (Å²) in [5.41, 5.74) is 0.513. The van der Waals surface area contributed by atoms with Crippen LogP contribution in [0.5, 0.6) is 0 Å². The molecule has 0 N–H and O–H groups in total. The molecule has 0 aromatic rings. The van der Waals surface area contributed by atoms with Crippen LogP contribution in [0.15, 0.2) is 0 Å². The minimum absolute atomic E-state index is 0.107. The van der Waals surface area contributed by atoms with Crippen LogP contribution < -0.4 is 0 Å². The maximum atomic E-state index is 12.9. The van der Waals surface area contributed by atoms with E-state index in [1.54, 1.807) is 7.11 Å². The summed E-state index contributed by atoms with van der Waals surface area (Å²) in [5.74, 6) is 0.107. The molecule has 1 aliphatic carbocycles. The summed E-state index contributed by atoms with van der Waals surface area (Å²) in [4.78, 5) is 12.9. The van der Waals surface area contributed by atoms with Crippen molar-refractivity contribution in [2.24, 2.45) is 5.41 Å². The van der Waals surface area contributed by atoms with E-state index in [0.29, 0.717) is 5.54 Å². The molecule has 0 saturated heterocycles. The third-order valence-corrected chi connectivity index (χ3v) is 28.6. The van der Waals surface area contributed by atoms with Crippen molar-refractivity contribution in [1.82, 2.24) is 0 Å². The topological polar surface area (TPSA) is 26.3 Å². The molecule has 3 atom stereocenters. The fourth-order valence-electron chi connectivity index (χ4n) is 5.80. The summed E-state index contributed by atoms with van der Waals surface area (Å²) < 4.78 is 10.6. The molecule has 0 radical (unpaired) electrons. The number of carbonyl (C=O) groups is 1. The van der Waals surface area contributed by atoms with Crippen LogP contribution in [0, 0.1) is 5.41 Å². The van der Waals surface area contributed by atoms with Crippen LogP contribution in [0.1, 0.15) is 66.2 Å². The normalized spacial score (nSPS) is 26.6. The molecular formula is C21H44O2SiSn. The van der Waals surface area contributed by atoms with Gasteiger partial charge in [0.25, 0.3) is 0 Å². The SMILES string of the molecule is CCC[CH2][Sn]([CH2]CCC)([CH2]CCC)[CH]1C([Si](C)(C)C)C1(C)C(=O)OC. The van der Waals surface area contributed by atoms with Gasteiger partial charge in [0.15, 0.2) is 0 Å². The second-order valence-electron chi connectivity index (χ2n) is 9.77. The van der Waals surface area contributed by atoms with Crippen LogP contribution in [0.4, 0.5) is 0 Å². The van der Waals surface area contributed by atoms with Crippen molar-refractivity contribution in [2.75, 3.05) is 7.11 Å². The number of carbonyl (C=O) groups excluding carboxylic acids is 1. The van der Waals surface area contributed by atoms with E-state index >= 15 is 0 Å². The van der Waals surface area contributed by atoms with Gasteiger partial charge in [-0.3, -0.25) is 0 Å². The van der Waals surface area contributed by atoms with Crippen molar-refractivity contribution in [3.05, 3.63) is 0 Å². The summed E-state index contributed by atoms with van der Waals surface area (Å²) in [7, 11) is 0.226. The summed E-state index contributed by atoms with van der Waals surface area (Å²) in [6, 6.07) is 0. The van der Waals surface area contributed by atoms with Crippen LogP contribution >= 0.6 is 0 Å². The van der Waals surface area contributed by atoms with E-state index in [1.165, 1.54) is 51.8 Å². The quantitative estimate of drug-likeness (QED) is 0.222. The summed E-state index contributed by atoms with van der Waals surface area (Å²) in [6.07, 6.45) is 8.06. The van der Waals surface area contributed by atoms with Gasteiger partial charge in [-0.1, -0.05) is 0 Å². The van der Waals surface area contributed by atoms with Gasteiger partial charge in [0.1, 0.15) is 0 Å². The van der Waals surface area contributed by atoms with Crippen LogP contribution in [-0.2, 0) is 9.53 Å². The van der Waals surface area contributed by atoms with Gasteiger partial charge in [-0.2, -0.15) is 0 Å². The van der Waals surface area contributed by atoms with Gasteiger partial charge < -0.3 is 0 Å². The number of unbranched alkanes of at least 4 members (excludes halogenated alkanes) is 3. The molecule has 1 rings (SSSR count). The molecule has 1 aliphatic rings. The Morgan fingerprint density at radius 3 is 1.64 bits per heavy atom. The first-order valence-electron chi connectivity index (χ1n) is 10.7. The number of methoxy groups -OCH3 is 1. The Hall–Kier alpha value is 0.486. The monoisotopic (exact) mass is 476 g/mol. The maximum absolute atomic E-state index is 12.9. The van der Waals surface area contributed by atoms with Crippen LogP contribution in [-0.4, -0.2) is 39.5 Å². The Morgan fingerprint density at radius 1 is 0.960 bits per heavy atom. The molecule has 1 fully saturated rings. The molecule has 0 spiro atoms. The van der Waals surface area contributed by atoms with Gasteiger partial charge in [-0.25, -0.2) is 0 Å². The third kappa shape index (κ3) is 5.06. The molecule has 148 valence electrons. The summed E-state index contributed by atoms with van der Waals surface area (Å²) in [6.45, 7) is 16.7. The van der Waals surface area contributed by atoms with Gasteiger partial charge in [0.2, 0.25) is 0 Å². The predicted molar refractivity (Wildman–Crippen MR) is 116 cm³/mol. The van der Waals surface area contributed by atoms with Crippen LogP contribution in [0.25, 0.3) is 0 Å². The molecule has 0 aliphatic heterocycles. The van der Waals surface area contributed by atoms with Crippen molar-refractivity contribution in [2.45, 2.75) is 109 Å². The zero-order chi connectivity index (χ0) is 19.3. The second-order valence-corrected chi connectivity index (χ2v) is 29.0. The van der Waals surface area contributed by atoms with Crippen molar-refractivity contribution in [3.8, 4) is 0 Å². The third-order valence-electron chi connectivity index (χ3n) is 6.82. The second kappa shape index (κ2) is 9.61. The summed E-state index contributed by atoms with van der Waals surface area (Å²) >= 11 is -2.41. The number of rotatable bonds is 12. The van der Waals surface area contributed by atoms with Crippen molar-refractivity contribution < 1.29 is 9.53 Å². The van der Waals surface area contributed by atoms with Gasteiger partial charge in [0.05, 0.1) is 0 Å². The minimum atomic E-state index is -2.41. The van der Waals surface area contributed by atoms with Crippen LogP contribution in [0.2, 0.25) is 42.4 Å². The van der Waals surface area contributed by atoms with E-state index in [2.05, 4.69) is 47.3 Å². The molecule has 25 heavy (non-hydrogen) atoms. The molecule has 2 nitrogen and oxygen atoms in total. The number of ether oxygens (including phenoxy) is 1. The average Bonchev–Trinajstić information content (AvgIpc) is 3.22. The first-order chi connectivity index (χ1) is 11.7. The van der Waals surface area contributed by atoms with Crippen molar-refractivity contribution in [3.63, 3.8) is 0 Å². The average molecular weight is 475 g/mol. The van der Waals surface area contributed by atoms with E-state index < -0.39 is 26.5 Å². The van der Waals surface area contributed by atoms with Gasteiger partial charge in [-0.15, -0.1) is 0 Å². The molecule has 0 aromatic carbocycles. The van der Waals surface area contributed by atoms with E-state index in [-0.39, 0.29) is 11.4 Å². The molecule has 0 bridgehead atoms. The first-order valence-corrected chi connectivity index (χ1v) is 22.0. The molecule has 3 unspecified atom stereocenters. The zero-order valence-electron chi connectivity index (χ0n) is 18.3. The van der Waals surface area contributed by atoms with Crippen molar-refractivity contribution >= 4 is 32.4 Å². The molecule has 0 amide bonds. The zero-order valence-corrected chi connectivity index (χ0v) is 22.2. The van der Waals surface area contributed by atoms with Gasteiger partial charge >= 0.3 is 163 Å². The van der Waals surface area contributed by atoms with Crippen LogP contribution in [0.3, 0.4) is 0 Å². The van der Waals surface area contributed by atoms with E-state index in [9.17, 15) is 4.79 Å². The number of esters is 1. The Morgan fingerprint density at radius 2 is 1.36 bits per heavy atom. The standard InChI is InChI=1S/C9H17O2Si.3C4H9.Sn/c1-9(8(10)11-2)6-7(9)12(3,4)5;3*1-3-4-2;/h6-7H,1-5H3;3*1,3-4H2,2H3;. The molecular weight excluding hydrogens is 431 g/mol. The molecule has 1 saturated carbocycles. The fraction of sp³-hybridized carbons (Fsp3) is 0.952. The van der Waals surface area contributed by atoms with E-state index in [0.717, 1.165) is 3.93 Å². The molecule has 0 heterocycles. The van der Waals surface area contributed by atoms with E-state index in [4.69, 9.17) is 4.74 Å². The van der Waals surface area contributed by atoms with E-state index in [1.807, 2.05) is 0 Å².